The Morgan fingerprint density at radius 3 is 2.72 bits per heavy atom. The van der Waals surface area contributed by atoms with Crippen molar-refractivity contribution in [1.82, 2.24) is 4.72 Å². The average molecular weight is 266 g/mol. The summed E-state index contributed by atoms with van der Waals surface area (Å²) in [5.74, 6) is 0. The van der Waals surface area contributed by atoms with Crippen molar-refractivity contribution in [3.05, 3.63) is 47.9 Å². The summed E-state index contributed by atoms with van der Waals surface area (Å²) in [4.78, 5) is 0.133. The summed E-state index contributed by atoms with van der Waals surface area (Å²) in [5.41, 5.74) is 7.34. The van der Waals surface area contributed by atoms with Gasteiger partial charge in [-0.3, -0.25) is 0 Å². The third-order valence-corrected chi connectivity index (χ3v) is 4.18. The Morgan fingerprint density at radius 2 is 2.11 bits per heavy atom. The molecule has 1 heterocycles. The van der Waals surface area contributed by atoms with E-state index in [-0.39, 0.29) is 17.1 Å². The summed E-state index contributed by atoms with van der Waals surface area (Å²) < 4.78 is 31.7. The highest BCUT2D eigenvalue weighted by Gasteiger charge is 2.19. The van der Waals surface area contributed by atoms with Crippen LogP contribution in [0.3, 0.4) is 0 Å². The SMILES string of the molecule is Cc1cccc(N)c1S(=O)(=O)NCc1ccoc1. The van der Waals surface area contributed by atoms with Gasteiger partial charge in [0.05, 0.1) is 18.2 Å². The highest BCUT2D eigenvalue weighted by molar-refractivity contribution is 7.89. The maximum atomic E-state index is 12.1. The molecule has 0 aliphatic carbocycles. The van der Waals surface area contributed by atoms with E-state index < -0.39 is 10.0 Å². The number of hydrogen-bond donors (Lipinski definition) is 2. The second-order valence-electron chi connectivity index (χ2n) is 3.95. The third kappa shape index (κ3) is 2.55. The van der Waals surface area contributed by atoms with Gasteiger partial charge in [-0.15, -0.1) is 0 Å². The van der Waals surface area contributed by atoms with Crippen LogP contribution < -0.4 is 10.5 Å². The highest BCUT2D eigenvalue weighted by atomic mass is 32.2. The third-order valence-electron chi connectivity index (χ3n) is 2.56. The van der Waals surface area contributed by atoms with Gasteiger partial charge in [0.15, 0.2) is 0 Å². The minimum Gasteiger partial charge on any atom is -0.472 e. The first-order chi connectivity index (χ1) is 8.50. The maximum absolute atomic E-state index is 12.1. The molecule has 5 nitrogen and oxygen atoms in total. The van der Waals surface area contributed by atoms with Crippen molar-refractivity contribution in [2.45, 2.75) is 18.4 Å². The Kier molecular flexibility index (Phi) is 3.40. The van der Waals surface area contributed by atoms with Gasteiger partial charge in [-0.05, 0) is 24.6 Å². The zero-order valence-electron chi connectivity index (χ0n) is 9.88. The molecule has 2 rings (SSSR count). The molecule has 0 bridgehead atoms. The van der Waals surface area contributed by atoms with Crippen LogP contribution in [0, 0.1) is 6.92 Å². The minimum absolute atomic E-state index is 0.133. The number of benzene rings is 1. The molecule has 1 aromatic heterocycles. The number of rotatable bonds is 4. The lowest BCUT2D eigenvalue weighted by molar-refractivity contribution is 0.561. The van der Waals surface area contributed by atoms with Gasteiger partial charge in [-0.1, -0.05) is 12.1 Å². The van der Waals surface area contributed by atoms with E-state index >= 15 is 0 Å². The lowest BCUT2D eigenvalue weighted by Gasteiger charge is -2.10. The van der Waals surface area contributed by atoms with E-state index in [1.165, 1.54) is 12.5 Å². The van der Waals surface area contributed by atoms with Gasteiger partial charge in [0, 0.05) is 12.1 Å². The molecular weight excluding hydrogens is 252 g/mol. The number of hydrogen-bond acceptors (Lipinski definition) is 4. The number of nitrogens with one attached hydrogen (secondary N) is 1. The predicted molar refractivity (Wildman–Crippen MR) is 68.3 cm³/mol. The van der Waals surface area contributed by atoms with Crippen LogP contribution in [0.4, 0.5) is 5.69 Å². The second-order valence-corrected chi connectivity index (χ2v) is 5.65. The molecule has 0 amide bonds. The first-order valence-corrected chi connectivity index (χ1v) is 6.85. The lowest BCUT2D eigenvalue weighted by atomic mass is 10.2. The Bertz CT molecular complexity index is 613. The van der Waals surface area contributed by atoms with Gasteiger partial charge < -0.3 is 10.2 Å². The van der Waals surface area contributed by atoms with Crippen LogP contribution in [0.1, 0.15) is 11.1 Å². The van der Waals surface area contributed by atoms with Crippen LogP contribution >= 0.6 is 0 Å². The Balaban J connectivity index is 2.26. The van der Waals surface area contributed by atoms with Crippen LogP contribution in [0.2, 0.25) is 0 Å². The molecule has 0 atom stereocenters. The first-order valence-electron chi connectivity index (χ1n) is 5.36. The molecule has 0 saturated heterocycles. The van der Waals surface area contributed by atoms with Gasteiger partial charge in [-0.2, -0.15) is 0 Å². The average Bonchev–Trinajstić information content (AvgIpc) is 2.78. The molecule has 0 aliphatic heterocycles. The monoisotopic (exact) mass is 266 g/mol. The van der Waals surface area contributed by atoms with Crippen molar-refractivity contribution in [2.75, 3.05) is 5.73 Å². The van der Waals surface area contributed by atoms with E-state index in [0.717, 1.165) is 5.56 Å². The van der Waals surface area contributed by atoms with Crippen molar-refractivity contribution >= 4 is 15.7 Å². The summed E-state index contributed by atoms with van der Waals surface area (Å²) in [7, 11) is -3.61. The van der Waals surface area contributed by atoms with Crippen molar-refractivity contribution in [3.8, 4) is 0 Å². The number of nitrogens with two attached hydrogens (primary N) is 1. The number of furan rings is 1. The summed E-state index contributed by atoms with van der Waals surface area (Å²) in [6.07, 6.45) is 2.98. The zero-order chi connectivity index (χ0) is 13.2. The quantitative estimate of drug-likeness (QED) is 0.824. The topological polar surface area (TPSA) is 85.3 Å². The Hall–Kier alpha value is -1.79. The molecule has 2 aromatic rings. The highest BCUT2D eigenvalue weighted by Crippen LogP contribution is 2.22. The van der Waals surface area contributed by atoms with E-state index in [4.69, 9.17) is 10.2 Å². The molecule has 0 aliphatic rings. The van der Waals surface area contributed by atoms with Gasteiger partial charge in [0.2, 0.25) is 10.0 Å². The van der Waals surface area contributed by atoms with Crippen LogP contribution in [-0.2, 0) is 16.6 Å². The molecule has 96 valence electrons. The lowest BCUT2D eigenvalue weighted by Crippen LogP contribution is -2.24. The fraction of sp³-hybridized carbons (Fsp3) is 0.167. The predicted octanol–water partition coefficient (Wildman–Crippen LogP) is 1.65. The Labute approximate surface area is 106 Å². The molecule has 18 heavy (non-hydrogen) atoms. The van der Waals surface area contributed by atoms with Crippen LogP contribution in [0.25, 0.3) is 0 Å². The van der Waals surface area contributed by atoms with Crippen molar-refractivity contribution in [3.63, 3.8) is 0 Å². The summed E-state index contributed by atoms with van der Waals surface area (Å²) in [6, 6.07) is 6.70. The van der Waals surface area contributed by atoms with E-state index in [2.05, 4.69) is 4.72 Å². The van der Waals surface area contributed by atoms with Gasteiger partial charge in [0.1, 0.15) is 4.90 Å². The van der Waals surface area contributed by atoms with Crippen molar-refractivity contribution in [2.24, 2.45) is 0 Å². The summed E-state index contributed by atoms with van der Waals surface area (Å²) in [5, 5.41) is 0. The molecule has 0 spiro atoms. The van der Waals surface area contributed by atoms with E-state index in [1.54, 1.807) is 31.2 Å². The summed E-state index contributed by atoms with van der Waals surface area (Å²) >= 11 is 0. The molecule has 0 saturated carbocycles. The van der Waals surface area contributed by atoms with E-state index in [9.17, 15) is 8.42 Å². The molecule has 0 fully saturated rings. The maximum Gasteiger partial charge on any atom is 0.243 e. The van der Waals surface area contributed by atoms with Gasteiger partial charge >= 0.3 is 0 Å². The Morgan fingerprint density at radius 1 is 1.33 bits per heavy atom. The molecule has 6 heteroatoms. The smallest absolute Gasteiger partial charge is 0.243 e. The normalized spacial score (nSPS) is 11.6. The van der Waals surface area contributed by atoms with Crippen LogP contribution in [0.5, 0.6) is 0 Å². The van der Waals surface area contributed by atoms with Gasteiger partial charge in [-0.25, -0.2) is 13.1 Å². The molecule has 1 aromatic carbocycles. The van der Waals surface area contributed by atoms with Crippen LogP contribution in [-0.4, -0.2) is 8.42 Å². The van der Waals surface area contributed by atoms with Crippen molar-refractivity contribution < 1.29 is 12.8 Å². The molecule has 0 radical (unpaired) electrons. The molecule has 0 unspecified atom stereocenters. The number of nitrogen functional groups attached to an aromatic ring is 1. The van der Waals surface area contributed by atoms with E-state index in [0.29, 0.717) is 5.56 Å². The van der Waals surface area contributed by atoms with Gasteiger partial charge in [0.25, 0.3) is 0 Å². The minimum atomic E-state index is -3.61. The number of sulfonamides is 1. The fourth-order valence-electron chi connectivity index (χ4n) is 1.69. The fourth-order valence-corrected chi connectivity index (χ4v) is 3.06. The molecule has 3 N–H and O–H groups in total. The van der Waals surface area contributed by atoms with Crippen LogP contribution in [0.15, 0.2) is 46.1 Å². The standard InChI is InChI=1S/C12H14N2O3S/c1-9-3-2-4-11(13)12(9)18(15,16)14-7-10-5-6-17-8-10/h2-6,8,14H,7,13H2,1H3. The van der Waals surface area contributed by atoms with Crippen molar-refractivity contribution in [1.29, 1.82) is 0 Å². The second kappa shape index (κ2) is 4.83. The molecular formula is C12H14N2O3S. The largest absolute Gasteiger partial charge is 0.472 e. The number of anilines is 1. The summed E-state index contributed by atoms with van der Waals surface area (Å²) in [6.45, 7) is 1.88. The number of aryl methyl sites for hydroxylation is 1. The zero-order valence-corrected chi connectivity index (χ0v) is 10.7. The van der Waals surface area contributed by atoms with E-state index in [1.807, 2.05) is 0 Å². The first kappa shape index (κ1) is 12.7.